The highest BCUT2D eigenvalue weighted by Gasteiger charge is 2.23. The highest BCUT2D eigenvalue weighted by molar-refractivity contribution is 6.30. The Labute approximate surface area is 122 Å². The Morgan fingerprint density at radius 2 is 2.10 bits per heavy atom. The van der Waals surface area contributed by atoms with Gasteiger partial charge in [-0.25, -0.2) is 4.39 Å². The van der Waals surface area contributed by atoms with Crippen molar-refractivity contribution in [3.63, 3.8) is 0 Å². The van der Waals surface area contributed by atoms with Gasteiger partial charge in [0, 0.05) is 18.1 Å². The van der Waals surface area contributed by atoms with Crippen molar-refractivity contribution < 1.29 is 13.9 Å². The Morgan fingerprint density at radius 3 is 2.75 bits per heavy atom. The molecule has 2 rings (SSSR count). The molecule has 0 bridgehead atoms. The van der Waals surface area contributed by atoms with Crippen LogP contribution in [0, 0.1) is 5.82 Å². The number of amides is 1. The van der Waals surface area contributed by atoms with Crippen LogP contribution in [0.15, 0.2) is 18.2 Å². The molecule has 0 radical (unpaired) electrons. The number of anilines is 1. The molecule has 0 unspecified atom stereocenters. The van der Waals surface area contributed by atoms with Gasteiger partial charge in [0.25, 0.3) is 0 Å². The zero-order valence-corrected chi connectivity index (χ0v) is 12.3. The second kappa shape index (κ2) is 6.52. The highest BCUT2D eigenvalue weighted by atomic mass is 35.5. The van der Waals surface area contributed by atoms with Gasteiger partial charge in [-0.2, -0.15) is 0 Å². The molecule has 1 amide bonds. The summed E-state index contributed by atoms with van der Waals surface area (Å²) in [5.41, 5.74) is 0.108. The molecule has 110 valence electrons. The number of halogens is 2. The largest absolute Gasteiger partial charge is 0.373 e. The summed E-state index contributed by atoms with van der Waals surface area (Å²) >= 11 is 5.79. The van der Waals surface area contributed by atoms with Gasteiger partial charge in [0.2, 0.25) is 5.91 Å². The summed E-state index contributed by atoms with van der Waals surface area (Å²) in [5.74, 6) is -0.751. The molecule has 20 heavy (non-hydrogen) atoms. The van der Waals surface area contributed by atoms with Crippen molar-refractivity contribution in [1.29, 1.82) is 0 Å². The maximum Gasteiger partial charge on any atom is 0.238 e. The third kappa shape index (κ3) is 4.16. The summed E-state index contributed by atoms with van der Waals surface area (Å²) in [7, 11) is 0. The summed E-state index contributed by atoms with van der Waals surface area (Å²) < 4.78 is 19.1. The molecule has 1 heterocycles. The van der Waals surface area contributed by atoms with E-state index in [-0.39, 0.29) is 30.3 Å². The average Bonchev–Trinajstić information content (AvgIpc) is 2.32. The van der Waals surface area contributed by atoms with Gasteiger partial charge in [-0.05, 0) is 32.0 Å². The quantitative estimate of drug-likeness (QED) is 0.932. The normalized spacial score (nSPS) is 23.6. The first-order chi connectivity index (χ1) is 9.44. The number of hydrogen-bond acceptors (Lipinski definition) is 3. The van der Waals surface area contributed by atoms with Crippen LogP contribution in [0.5, 0.6) is 0 Å². The lowest BCUT2D eigenvalue weighted by Crippen LogP contribution is -2.48. The minimum Gasteiger partial charge on any atom is -0.373 e. The van der Waals surface area contributed by atoms with Gasteiger partial charge in [-0.3, -0.25) is 9.69 Å². The van der Waals surface area contributed by atoms with Crippen LogP contribution in [-0.4, -0.2) is 42.6 Å². The Kier molecular flexibility index (Phi) is 4.96. The molecular weight excluding hydrogens is 283 g/mol. The number of carbonyl (C=O) groups is 1. The lowest BCUT2D eigenvalue weighted by molar-refractivity contribution is -0.121. The number of nitrogens with one attached hydrogen (secondary N) is 1. The van der Waals surface area contributed by atoms with Crippen LogP contribution in [0.25, 0.3) is 0 Å². The summed E-state index contributed by atoms with van der Waals surface area (Å²) in [6.07, 6.45) is 0.184. The molecule has 1 aliphatic heterocycles. The smallest absolute Gasteiger partial charge is 0.238 e. The number of carbonyl (C=O) groups excluding carboxylic acids is 1. The van der Waals surface area contributed by atoms with E-state index in [4.69, 9.17) is 16.3 Å². The van der Waals surface area contributed by atoms with E-state index in [0.717, 1.165) is 0 Å². The van der Waals surface area contributed by atoms with Crippen molar-refractivity contribution in [3.05, 3.63) is 29.0 Å². The number of morpholine rings is 1. The average molecular weight is 301 g/mol. The highest BCUT2D eigenvalue weighted by Crippen LogP contribution is 2.19. The summed E-state index contributed by atoms with van der Waals surface area (Å²) in [6.45, 7) is 5.53. The van der Waals surface area contributed by atoms with Gasteiger partial charge >= 0.3 is 0 Å². The standard InChI is InChI=1S/C14H18ClFN2O2/c1-9-6-18(7-10(2)20-9)8-14(19)17-13-5-11(15)3-4-12(13)16/h3-5,9-10H,6-8H2,1-2H3,(H,17,19)/t9-,10-/m1/s1. The molecule has 0 spiro atoms. The molecule has 2 atom stereocenters. The molecule has 1 aliphatic rings. The maximum atomic E-state index is 13.5. The number of nitrogens with zero attached hydrogens (tertiary/aromatic N) is 1. The zero-order valence-electron chi connectivity index (χ0n) is 11.5. The summed E-state index contributed by atoms with van der Waals surface area (Å²) in [5, 5.41) is 2.93. The van der Waals surface area contributed by atoms with Crippen molar-refractivity contribution in [2.75, 3.05) is 25.0 Å². The van der Waals surface area contributed by atoms with Crippen molar-refractivity contribution in [2.24, 2.45) is 0 Å². The van der Waals surface area contributed by atoms with Crippen LogP contribution >= 0.6 is 11.6 Å². The first-order valence-corrected chi connectivity index (χ1v) is 6.94. The Balaban J connectivity index is 1.93. The van der Waals surface area contributed by atoms with E-state index in [2.05, 4.69) is 5.32 Å². The minimum absolute atomic E-state index is 0.0921. The number of benzene rings is 1. The summed E-state index contributed by atoms with van der Waals surface area (Å²) in [4.78, 5) is 14.0. The third-order valence-electron chi connectivity index (χ3n) is 3.06. The van der Waals surface area contributed by atoms with Crippen LogP contribution in [0.4, 0.5) is 10.1 Å². The van der Waals surface area contributed by atoms with Crippen molar-refractivity contribution in [2.45, 2.75) is 26.1 Å². The first-order valence-electron chi connectivity index (χ1n) is 6.56. The Hall–Kier alpha value is -1.17. The number of hydrogen-bond donors (Lipinski definition) is 1. The number of ether oxygens (including phenoxy) is 1. The van der Waals surface area contributed by atoms with Crippen molar-refractivity contribution in [1.82, 2.24) is 4.90 Å². The fourth-order valence-electron chi connectivity index (χ4n) is 2.40. The fourth-order valence-corrected chi connectivity index (χ4v) is 2.57. The van der Waals surface area contributed by atoms with E-state index in [9.17, 15) is 9.18 Å². The van der Waals surface area contributed by atoms with E-state index in [0.29, 0.717) is 18.1 Å². The van der Waals surface area contributed by atoms with E-state index in [1.165, 1.54) is 18.2 Å². The minimum atomic E-state index is -0.494. The molecule has 1 fully saturated rings. The monoisotopic (exact) mass is 300 g/mol. The fraction of sp³-hybridized carbons (Fsp3) is 0.500. The Bertz CT molecular complexity index is 488. The molecule has 1 N–H and O–H groups in total. The topological polar surface area (TPSA) is 41.6 Å². The lowest BCUT2D eigenvalue weighted by Gasteiger charge is -2.34. The van der Waals surface area contributed by atoms with E-state index < -0.39 is 5.82 Å². The van der Waals surface area contributed by atoms with Crippen LogP contribution in [-0.2, 0) is 9.53 Å². The predicted octanol–water partition coefficient (Wildman–Crippen LogP) is 2.53. The van der Waals surface area contributed by atoms with Gasteiger partial charge in [-0.15, -0.1) is 0 Å². The second-order valence-corrected chi connectivity index (χ2v) is 5.56. The van der Waals surface area contributed by atoms with Crippen molar-refractivity contribution in [3.8, 4) is 0 Å². The third-order valence-corrected chi connectivity index (χ3v) is 3.30. The summed E-state index contributed by atoms with van der Waals surface area (Å²) in [6, 6.07) is 4.08. The lowest BCUT2D eigenvalue weighted by atomic mass is 10.2. The molecule has 0 aliphatic carbocycles. The second-order valence-electron chi connectivity index (χ2n) is 5.12. The molecule has 1 aromatic rings. The zero-order chi connectivity index (χ0) is 14.7. The van der Waals surface area contributed by atoms with E-state index >= 15 is 0 Å². The van der Waals surface area contributed by atoms with Crippen LogP contribution in [0.2, 0.25) is 5.02 Å². The molecule has 4 nitrogen and oxygen atoms in total. The van der Waals surface area contributed by atoms with Crippen molar-refractivity contribution >= 4 is 23.2 Å². The number of rotatable bonds is 3. The molecule has 1 saturated heterocycles. The predicted molar refractivity (Wildman–Crippen MR) is 76.5 cm³/mol. The maximum absolute atomic E-state index is 13.5. The van der Waals surface area contributed by atoms with Gasteiger partial charge < -0.3 is 10.1 Å². The van der Waals surface area contributed by atoms with Gasteiger partial charge in [0.05, 0.1) is 24.4 Å². The van der Waals surface area contributed by atoms with Crippen LogP contribution in [0.3, 0.4) is 0 Å². The van der Waals surface area contributed by atoms with Gasteiger partial charge in [0.1, 0.15) is 5.82 Å². The molecule has 0 aromatic heterocycles. The Morgan fingerprint density at radius 1 is 1.45 bits per heavy atom. The molecule has 1 aromatic carbocycles. The van der Waals surface area contributed by atoms with Crippen LogP contribution < -0.4 is 5.32 Å². The van der Waals surface area contributed by atoms with E-state index in [1.54, 1.807) is 0 Å². The molecule has 0 saturated carbocycles. The first kappa shape index (κ1) is 15.2. The van der Waals surface area contributed by atoms with Crippen LogP contribution in [0.1, 0.15) is 13.8 Å². The SMILES string of the molecule is C[C@@H]1CN(CC(=O)Nc2cc(Cl)ccc2F)C[C@@H](C)O1. The van der Waals surface area contributed by atoms with E-state index in [1.807, 2.05) is 18.7 Å². The van der Waals surface area contributed by atoms with Gasteiger partial charge in [0.15, 0.2) is 0 Å². The molecular formula is C14H18ClFN2O2. The van der Waals surface area contributed by atoms with Gasteiger partial charge in [-0.1, -0.05) is 11.6 Å². The molecule has 6 heteroatoms.